The van der Waals surface area contributed by atoms with Crippen molar-refractivity contribution in [3.63, 3.8) is 0 Å². The molecule has 0 aliphatic heterocycles. The quantitative estimate of drug-likeness (QED) is 0.520. The van der Waals surface area contributed by atoms with Gasteiger partial charge in [0, 0.05) is 35.9 Å². The second kappa shape index (κ2) is 6.96. The van der Waals surface area contributed by atoms with Crippen molar-refractivity contribution < 1.29 is 4.74 Å². The molecule has 0 saturated carbocycles. The molecule has 3 nitrogen and oxygen atoms in total. The predicted molar refractivity (Wildman–Crippen MR) is 109 cm³/mol. The number of nitrogens with zero attached hydrogens (tertiary/aromatic N) is 1. The second-order valence-electron chi connectivity index (χ2n) is 6.52. The lowest BCUT2D eigenvalue weighted by Crippen LogP contribution is -2.16. The number of anilines is 1. The van der Waals surface area contributed by atoms with Crippen LogP contribution in [-0.2, 0) is 6.54 Å². The van der Waals surface area contributed by atoms with Crippen LogP contribution in [0.25, 0.3) is 22.2 Å². The molecule has 0 atom stereocenters. The lowest BCUT2D eigenvalue weighted by atomic mass is 10.1. The zero-order chi connectivity index (χ0) is 17.9. The minimum atomic E-state index is 0.847. The summed E-state index contributed by atoms with van der Waals surface area (Å²) >= 11 is 0. The number of hydrogen-bond donors (Lipinski definition) is 1. The van der Waals surface area contributed by atoms with E-state index in [0.717, 1.165) is 18.0 Å². The van der Waals surface area contributed by atoms with Crippen LogP contribution in [0.3, 0.4) is 0 Å². The van der Waals surface area contributed by atoms with Crippen LogP contribution in [0.5, 0.6) is 5.75 Å². The van der Waals surface area contributed by atoms with Crippen LogP contribution in [0, 0.1) is 0 Å². The number of rotatable bonds is 5. The van der Waals surface area contributed by atoms with Crippen molar-refractivity contribution in [2.24, 2.45) is 0 Å². The fourth-order valence-corrected chi connectivity index (χ4v) is 3.24. The Kier molecular flexibility index (Phi) is 4.36. The number of methoxy groups -OCH3 is 1. The summed E-state index contributed by atoms with van der Waals surface area (Å²) in [6.45, 7) is 0.847. The number of fused-ring (bicyclic) bond motifs is 1. The van der Waals surface area contributed by atoms with E-state index < -0.39 is 0 Å². The molecule has 1 aromatic heterocycles. The Balaban J connectivity index is 1.57. The van der Waals surface area contributed by atoms with Gasteiger partial charge in [-0.25, -0.2) is 0 Å². The van der Waals surface area contributed by atoms with Gasteiger partial charge in [0.05, 0.1) is 7.11 Å². The highest BCUT2D eigenvalue weighted by Crippen LogP contribution is 2.27. The molecule has 0 spiro atoms. The number of nitrogens with one attached hydrogen (secondary N) is 1. The first-order valence-electron chi connectivity index (χ1n) is 8.75. The summed E-state index contributed by atoms with van der Waals surface area (Å²) in [4.78, 5) is 5.77. The Morgan fingerprint density at radius 1 is 0.885 bits per heavy atom. The van der Waals surface area contributed by atoms with Crippen LogP contribution in [0.2, 0.25) is 0 Å². The third-order valence-electron chi connectivity index (χ3n) is 4.71. The number of ether oxygens (including phenoxy) is 1. The number of H-pyrrole nitrogens is 1. The third-order valence-corrected chi connectivity index (χ3v) is 4.71. The molecule has 4 aromatic rings. The molecule has 0 radical (unpaired) electrons. The third kappa shape index (κ3) is 3.29. The summed E-state index contributed by atoms with van der Waals surface area (Å²) < 4.78 is 5.23. The molecule has 26 heavy (non-hydrogen) atoms. The fraction of sp³-hybridized carbons (Fsp3) is 0.130. The van der Waals surface area contributed by atoms with Crippen molar-refractivity contribution in [3.8, 4) is 17.0 Å². The van der Waals surface area contributed by atoms with Crippen LogP contribution in [0.4, 0.5) is 5.69 Å². The molecule has 0 aliphatic rings. The molecule has 1 heterocycles. The first kappa shape index (κ1) is 16.3. The lowest BCUT2D eigenvalue weighted by molar-refractivity contribution is 0.414. The molecule has 130 valence electrons. The lowest BCUT2D eigenvalue weighted by Gasteiger charge is -2.20. The molecule has 3 heteroatoms. The van der Waals surface area contributed by atoms with Gasteiger partial charge in [-0.15, -0.1) is 0 Å². The van der Waals surface area contributed by atoms with E-state index in [1.54, 1.807) is 7.11 Å². The SMILES string of the molecule is COc1ccc(CN(C)c2cccc(-c3cc4ccccc4[nH]3)c2)cc1. The Morgan fingerprint density at radius 2 is 1.69 bits per heavy atom. The molecule has 0 unspecified atom stereocenters. The molecule has 0 saturated heterocycles. The smallest absolute Gasteiger partial charge is 0.118 e. The predicted octanol–water partition coefficient (Wildman–Crippen LogP) is 5.48. The van der Waals surface area contributed by atoms with Gasteiger partial charge in [-0.3, -0.25) is 0 Å². The largest absolute Gasteiger partial charge is 0.497 e. The molecule has 0 fully saturated rings. The number of aromatic amines is 1. The number of aromatic nitrogens is 1. The van der Waals surface area contributed by atoms with Crippen molar-refractivity contribution in [2.75, 3.05) is 19.1 Å². The highest BCUT2D eigenvalue weighted by atomic mass is 16.5. The minimum absolute atomic E-state index is 0.847. The molecule has 4 rings (SSSR count). The van der Waals surface area contributed by atoms with E-state index in [1.165, 1.54) is 27.7 Å². The van der Waals surface area contributed by atoms with E-state index >= 15 is 0 Å². The van der Waals surface area contributed by atoms with Crippen molar-refractivity contribution >= 4 is 16.6 Å². The number of para-hydroxylation sites is 1. The van der Waals surface area contributed by atoms with Gasteiger partial charge >= 0.3 is 0 Å². The monoisotopic (exact) mass is 342 g/mol. The van der Waals surface area contributed by atoms with Gasteiger partial charge in [-0.2, -0.15) is 0 Å². The van der Waals surface area contributed by atoms with Gasteiger partial charge in [-0.05, 0) is 47.5 Å². The van der Waals surface area contributed by atoms with Gasteiger partial charge in [0.2, 0.25) is 0 Å². The Labute approximate surface area is 153 Å². The zero-order valence-electron chi connectivity index (χ0n) is 15.1. The summed E-state index contributed by atoms with van der Waals surface area (Å²) in [6.07, 6.45) is 0. The van der Waals surface area contributed by atoms with E-state index in [9.17, 15) is 0 Å². The van der Waals surface area contributed by atoms with E-state index in [-0.39, 0.29) is 0 Å². The molecule has 0 amide bonds. The van der Waals surface area contributed by atoms with Gasteiger partial charge in [0.25, 0.3) is 0 Å². The Bertz CT molecular complexity index is 985. The average molecular weight is 342 g/mol. The Morgan fingerprint density at radius 3 is 2.46 bits per heavy atom. The molecule has 0 aliphatic carbocycles. The number of benzene rings is 3. The maximum Gasteiger partial charge on any atom is 0.118 e. The van der Waals surface area contributed by atoms with E-state index in [4.69, 9.17) is 4.74 Å². The van der Waals surface area contributed by atoms with Crippen molar-refractivity contribution in [1.29, 1.82) is 0 Å². The molecular weight excluding hydrogens is 320 g/mol. The standard InChI is InChI=1S/C23H22N2O/c1-25(16-17-10-12-21(26-2)13-11-17)20-8-5-7-18(14-20)23-15-19-6-3-4-9-22(19)24-23/h3-15,24H,16H2,1-2H3. The zero-order valence-corrected chi connectivity index (χ0v) is 15.1. The topological polar surface area (TPSA) is 28.3 Å². The maximum absolute atomic E-state index is 5.23. The second-order valence-corrected chi connectivity index (χ2v) is 6.52. The van der Waals surface area contributed by atoms with Crippen LogP contribution in [-0.4, -0.2) is 19.1 Å². The van der Waals surface area contributed by atoms with Crippen molar-refractivity contribution in [3.05, 3.63) is 84.4 Å². The van der Waals surface area contributed by atoms with E-state index in [1.807, 2.05) is 12.1 Å². The molecule has 1 N–H and O–H groups in total. The summed E-state index contributed by atoms with van der Waals surface area (Å²) in [5.41, 5.74) is 5.95. The van der Waals surface area contributed by atoms with Crippen LogP contribution >= 0.6 is 0 Å². The van der Waals surface area contributed by atoms with Gasteiger partial charge in [-0.1, -0.05) is 42.5 Å². The summed E-state index contributed by atoms with van der Waals surface area (Å²) in [7, 11) is 3.81. The normalized spacial score (nSPS) is 10.8. The molecule has 3 aromatic carbocycles. The summed E-state index contributed by atoms with van der Waals surface area (Å²) in [5.74, 6) is 0.886. The fourth-order valence-electron chi connectivity index (χ4n) is 3.24. The Hall–Kier alpha value is -3.20. The van der Waals surface area contributed by atoms with Gasteiger partial charge in [0.15, 0.2) is 0 Å². The van der Waals surface area contributed by atoms with Gasteiger partial charge < -0.3 is 14.6 Å². The first-order valence-corrected chi connectivity index (χ1v) is 8.75. The summed E-state index contributed by atoms with van der Waals surface area (Å²) in [6, 6.07) is 27.4. The van der Waals surface area contributed by atoms with Gasteiger partial charge in [0.1, 0.15) is 5.75 Å². The summed E-state index contributed by atoms with van der Waals surface area (Å²) in [5, 5.41) is 1.24. The average Bonchev–Trinajstić information content (AvgIpc) is 3.13. The first-order chi connectivity index (χ1) is 12.7. The van der Waals surface area contributed by atoms with Crippen LogP contribution in [0.1, 0.15) is 5.56 Å². The minimum Gasteiger partial charge on any atom is -0.497 e. The van der Waals surface area contributed by atoms with Crippen LogP contribution < -0.4 is 9.64 Å². The number of hydrogen-bond acceptors (Lipinski definition) is 2. The van der Waals surface area contributed by atoms with Crippen molar-refractivity contribution in [1.82, 2.24) is 4.98 Å². The molecule has 0 bridgehead atoms. The highest BCUT2D eigenvalue weighted by molar-refractivity contribution is 5.86. The molecular formula is C23H22N2O. The van der Waals surface area contributed by atoms with Crippen LogP contribution in [0.15, 0.2) is 78.9 Å². The van der Waals surface area contributed by atoms with E-state index in [2.05, 4.69) is 83.7 Å². The highest BCUT2D eigenvalue weighted by Gasteiger charge is 2.07. The maximum atomic E-state index is 5.23. The van der Waals surface area contributed by atoms with E-state index in [0.29, 0.717) is 0 Å². The van der Waals surface area contributed by atoms with Crippen molar-refractivity contribution in [2.45, 2.75) is 6.54 Å².